The van der Waals surface area contributed by atoms with Gasteiger partial charge in [-0.05, 0) is 0 Å². The normalized spacial score (nSPS) is 14.8. The summed E-state index contributed by atoms with van der Waals surface area (Å²) in [6, 6.07) is 0. The van der Waals surface area contributed by atoms with Gasteiger partial charge in [-0.15, -0.1) is 0 Å². The van der Waals surface area contributed by atoms with Crippen LogP contribution < -0.4 is 0 Å². The van der Waals surface area contributed by atoms with E-state index < -0.39 is 7.28 Å². The summed E-state index contributed by atoms with van der Waals surface area (Å²) in [4.78, 5) is 38.3. The van der Waals surface area contributed by atoms with E-state index in [4.69, 9.17) is 0 Å². The molecular formula is C7H15O4P. The average Bonchev–Trinajstić information content (AvgIpc) is 2.00. The Bertz CT molecular complexity index is 191. The Morgan fingerprint density at radius 2 is 2.00 bits per heavy atom. The molecule has 0 bridgehead atoms. The zero-order valence-corrected chi connectivity index (χ0v) is 8.00. The van der Waals surface area contributed by atoms with Crippen molar-refractivity contribution in [1.29, 1.82) is 0 Å². The molecule has 0 amide bonds. The van der Waals surface area contributed by atoms with Crippen LogP contribution in [0.2, 0.25) is 0 Å². The second-order valence-corrected chi connectivity index (χ2v) is 6.56. The topological polar surface area (TPSA) is 77.8 Å². The van der Waals surface area contributed by atoms with Crippen molar-refractivity contribution in [2.24, 2.45) is 0 Å². The number of carbonyl (C=O) groups is 1. The molecule has 0 fully saturated rings. The van der Waals surface area contributed by atoms with Crippen LogP contribution in [0.1, 0.15) is 13.3 Å². The predicted octanol–water partition coefficient (Wildman–Crippen LogP) is 0.427. The van der Waals surface area contributed by atoms with Crippen LogP contribution in [0.3, 0.4) is 0 Å². The minimum absolute atomic E-state index is 0.0708. The van der Waals surface area contributed by atoms with Crippen LogP contribution in [0, 0.1) is 0 Å². The van der Waals surface area contributed by atoms with Gasteiger partial charge in [0.25, 0.3) is 0 Å². The third-order valence-corrected chi connectivity index (χ3v) is 4.13. The van der Waals surface area contributed by atoms with Crippen LogP contribution in [0.15, 0.2) is 12.7 Å². The monoisotopic (exact) mass is 194 g/mol. The van der Waals surface area contributed by atoms with Crippen LogP contribution in [-0.4, -0.2) is 32.8 Å². The summed E-state index contributed by atoms with van der Waals surface area (Å²) in [5.41, 5.74) is 0. The number of ketones is 1. The molecule has 72 valence electrons. The molecular weight excluding hydrogens is 179 g/mol. The molecule has 0 aliphatic carbocycles. The van der Waals surface area contributed by atoms with E-state index in [0.29, 0.717) is 0 Å². The molecule has 0 aromatic heterocycles. The molecule has 0 rings (SSSR count). The van der Waals surface area contributed by atoms with Gasteiger partial charge in [0.05, 0.1) is 0 Å². The van der Waals surface area contributed by atoms with Gasteiger partial charge in [0.2, 0.25) is 0 Å². The molecule has 12 heavy (non-hydrogen) atoms. The third kappa shape index (κ3) is 4.57. The van der Waals surface area contributed by atoms with Crippen molar-refractivity contribution in [3.8, 4) is 0 Å². The quantitative estimate of drug-likeness (QED) is 0.438. The Kier molecular flexibility index (Phi) is 3.54. The Morgan fingerprint density at radius 1 is 1.50 bits per heavy atom. The zero-order valence-electron chi connectivity index (χ0n) is 7.10. The van der Waals surface area contributed by atoms with Crippen molar-refractivity contribution in [2.75, 3.05) is 12.3 Å². The van der Waals surface area contributed by atoms with Crippen LogP contribution in [-0.2, 0) is 4.79 Å². The van der Waals surface area contributed by atoms with Crippen molar-refractivity contribution in [3.05, 3.63) is 12.7 Å². The van der Waals surface area contributed by atoms with Crippen LogP contribution in [0.5, 0.6) is 0 Å². The van der Waals surface area contributed by atoms with Gasteiger partial charge in [-0.25, -0.2) is 0 Å². The van der Waals surface area contributed by atoms with Gasteiger partial charge < -0.3 is 0 Å². The van der Waals surface area contributed by atoms with Crippen molar-refractivity contribution in [2.45, 2.75) is 13.3 Å². The molecule has 0 radical (unpaired) electrons. The summed E-state index contributed by atoms with van der Waals surface area (Å²) in [6.07, 6.45) is 0.643. The molecule has 0 heterocycles. The molecule has 0 saturated heterocycles. The molecule has 0 aromatic rings. The average molecular weight is 194 g/mol. The predicted molar refractivity (Wildman–Crippen MR) is 48.8 cm³/mol. The zero-order chi connectivity index (χ0) is 9.85. The Balaban J connectivity index is 4.08. The summed E-state index contributed by atoms with van der Waals surface area (Å²) in [5.74, 6) is -0.297. The Morgan fingerprint density at radius 3 is 2.33 bits per heavy atom. The van der Waals surface area contributed by atoms with E-state index in [1.807, 2.05) is 0 Å². The molecule has 0 aliphatic rings. The van der Waals surface area contributed by atoms with Crippen LogP contribution >= 0.6 is 7.28 Å². The third-order valence-electron chi connectivity index (χ3n) is 1.69. The molecule has 0 aliphatic heterocycles. The van der Waals surface area contributed by atoms with Gasteiger partial charge in [0.1, 0.15) is 0 Å². The standard InChI is InChI=1S/C7H15O4P/c1-3-7(8)5-6-12(9,10,11)4-2/h3,9-11H,1,4-6H2,2H3. The van der Waals surface area contributed by atoms with Gasteiger partial charge in [0, 0.05) is 0 Å². The molecule has 0 aromatic carbocycles. The Hall–Kier alpha value is -0.280. The van der Waals surface area contributed by atoms with Crippen molar-refractivity contribution < 1.29 is 19.5 Å². The fraction of sp³-hybridized carbons (Fsp3) is 0.571. The number of hydrogen-bond acceptors (Lipinski definition) is 4. The van der Waals surface area contributed by atoms with Crippen molar-refractivity contribution >= 4 is 13.1 Å². The fourth-order valence-electron chi connectivity index (χ4n) is 0.599. The minimum atomic E-state index is -4.48. The maximum absolute atomic E-state index is 10.7. The van der Waals surface area contributed by atoms with E-state index in [9.17, 15) is 19.5 Å². The maximum atomic E-state index is 10.7. The number of carbonyl (C=O) groups excluding carboxylic acids is 1. The van der Waals surface area contributed by atoms with E-state index in [1.165, 1.54) is 6.92 Å². The molecule has 5 heteroatoms. The summed E-state index contributed by atoms with van der Waals surface area (Å²) in [6.45, 7) is 4.70. The summed E-state index contributed by atoms with van der Waals surface area (Å²) in [7, 11) is -4.48. The van der Waals surface area contributed by atoms with Gasteiger partial charge in [-0.1, -0.05) is 0 Å². The molecule has 0 saturated carbocycles. The SMILES string of the molecule is C=CC(=O)CCP(O)(O)(O)CC. The fourth-order valence-corrected chi connectivity index (χ4v) is 1.59. The summed E-state index contributed by atoms with van der Waals surface area (Å²) in [5, 5.41) is 0. The first-order valence-electron chi connectivity index (χ1n) is 3.69. The molecule has 0 unspecified atom stereocenters. The molecule has 3 N–H and O–H groups in total. The van der Waals surface area contributed by atoms with Crippen molar-refractivity contribution in [3.63, 3.8) is 0 Å². The van der Waals surface area contributed by atoms with E-state index in [2.05, 4.69) is 6.58 Å². The van der Waals surface area contributed by atoms with Gasteiger partial charge in [0.15, 0.2) is 0 Å². The van der Waals surface area contributed by atoms with Gasteiger partial charge in [-0.3, -0.25) is 0 Å². The first kappa shape index (κ1) is 11.7. The Labute approximate surface area is 71.7 Å². The number of allylic oxidation sites excluding steroid dienone is 1. The van der Waals surface area contributed by atoms with E-state index in [-0.39, 0.29) is 24.5 Å². The molecule has 4 nitrogen and oxygen atoms in total. The van der Waals surface area contributed by atoms with E-state index >= 15 is 0 Å². The second-order valence-electron chi connectivity index (χ2n) is 2.80. The van der Waals surface area contributed by atoms with E-state index in [0.717, 1.165) is 6.08 Å². The summed E-state index contributed by atoms with van der Waals surface area (Å²) >= 11 is 0. The molecule has 0 atom stereocenters. The van der Waals surface area contributed by atoms with Crippen LogP contribution in [0.25, 0.3) is 0 Å². The van der Waals surface area contributed by atoms with Crippen molar-refractivity contribution in [1.82, 2.24) is 0 Å². The summed E-state index contributed by atoms with van der Waals surface area (Å²) < 4.78 is 0. The number of rotatable bonds is 5. The van der Waals surface area contributed by atoms with Crippen LogP contribution in [0.4, 0.5) is 0 Å². The van der Waals surface area contributed by atoms with Gasteiger partial charge in [-0.2, -0.15) is 0 Å². The first-order chi connectivity index (χ1) is 5.28. The van der Waals surface area contributed by atoms with Gasteiger partial charge >= 0.3 is 70.9 Å². The molecule has 0 spiro atoms. The first-order valence-corrected chi connectivity index (χ1v) is 6.16. The second kappa shape index (κ2) is 3.62. The van der Waals surface area contributed by atoms with E-state index in [1.54, 1.807) is 0 Å². The number of hydrogen-bond donors (Lipinski definition) is 3.